The summed E-state index contributed by atoms with van der Waals surface area (Å²) in [5.41, 5.74) is 8.38. The summed E-state index contributed by atoms with van der Waals surface area (Å²) in [5, 5.41) is 6.61. The zero-order valence-electron chi connectivity index (χ0n) is 23.7. The quantitative estimate of drug-likeness (QED) is 0.165. The summed E-state index contributed by atoms with van der Waals surface area (Å²) in [7, 11) is 0. The van der Waals surface area contributed by atoms with Gasteiger partial charge in [-0.3, -0.25) is 0 Å². The van der Waals surface area contributed by atoms with Gasteiger partial charge < -0.3 is 18.8 Å². The molecule has 0 atom stereocenters. The van der Waals surface area contributed by atoms with E-state index in [0.717, 1.165) is 77.2 Å². The first-order valence-electron chi connectivity index (χ1n) is 14.1. The van der Waals surface area contributed by atoms with Gasteiger partial charge in [-0.1, -0.05) is 59.5 Å². The molecule has 0 saturated carbocycles. The predicted octanol–water partition coefficient (Wildman–Crippen LogP) is 10.4. The summed E-state index contributed by atoms with van der Waals surface area (Å²) in [6, 6.07) is 44.9. The zero-order chi connectivity index (χ0) is 28.8. The molecule has 0 saturated heterocycles. The summed E-state index contributed by atoms with van der Waals surface area (Å²) in [5.74, 6) is 0. The van der Waals surface area contributed by atoms with Crippen molar-refractivity contribution < 1.29 is 28.9 Å². The Bertz CT molecular complexity index is 2370. The molecule has 9 aromatic rings. The first-order valence-corrected chi connectivity index (χ1v) is 14.1. The number of fused-ring (bicyclic) bond motifs is 8. The molecule has 44 heavy (non-hydrogen) atoms. The van der Waals surface area contributed by atoms with Crippen molar-refractivity contribution in [3.63, 3.8) is 0 Å². The van der Waals surface area contributed by atoms with Crippen LogP contribution < -0.4 is 0 Å². The minimum Gasteiger partial charge on any atom is -0.501 e. The molecule has 0 spiro atoms. The van der Waals surface area contributed by atoms with Gasteiger partial charge in [-0.05, 0) is 65.0 Å². The topological polar surface area (TPSA) is 52.1 Å². The van der Waals surface area contributed by atoms with Crippen LogP contribution in [0.5, 0.6) is 0 Å². The maximum Gasteiger partial charge on any atom is 0.136 e. The van der Waals surface area contributed by atoms with Crippen molar-refractivity contribution in [2.45, 2.75) is 6.92 Å². The van der Waals surface area contributed by atoms with Crippen LogP contribution in [0.3, 0.4) is 0 Å². The molecule has 213 valence electrons. The first kappa shape index (κ1) is 27.7. The average molecular weight is 745 g/mol. The number of rotatable bonds is 2. The van der Waals surface area contributed by atoms with Crippen LogP contribution in [0.25, 0.3) is 77.2 Å². The standard InChI is InChI=1S/C28H16NO2.C11H8N.Ir/c1-16-9-11-18-19-6-4-7-20(28(19)31-26(18)13-16)23-14-22-17(15-29-23)10-12-25-27(22)21-5-2-3-8-24(21)30-25;1-2-6-10(7-3-1)11-8-4-5-9-12-11;/h2-6,8-15H,1H3;1-6,8-9H;/q2*-1;. The number of furan rings is 2. The third-order valence-corrected chi connectivity index (χ3v) is 7.74. The Balaban J connectivity index is 0.000000203. The van der Waals surface area contributed by atoms with Gasteiger partial charge in [0.05, 0.1) is 5.58 Å². The van der Waals surface area contributed by atoms with Crippen LogP contribution >= 0.6 is 0 Å². The molecule has 0 fully saturated rings. The van der Waals surface area contributed by atoms with E-state index in [9.17, 15) is 0 Å². The fourth-order valence-electron chi connectivity index (χ4n) is 5.69. The van der Waals surface area contributed by atoms with Crippen molar-refractivity contribution in [2.75, 3.05) is 0 Å². The second-order valence-corrected chi connectivity index (χ2v) is 10.5. The van der Waals surface area contributed by atoms with Gasteiger partial charge in [0.25, 0.3) is 0 Å². The van der Waals surface area contributed by atoms with E-state index < -0.39 is 0 Å². The van der Waals surface area contributed by atoms with Crippen LogP contribution in [0.1, 0.15) is 5.56 Å². The number of benzene rings is 5. The van der Waals surface area contributed by atoms with Crippen molar-refractivity contribution >= 4 is 54.6 Å². The summed E-state index contributed by atoms with van der Waals surface area (Å²) in [6.07, 6.45) is 3.71. The van der Waals surface area contributed by atoms with Crippen LogP contribution in [-0.4, -0.2) is 9.97 Å². The Kier molecular flexibility index (Phi) is 7.27. The van der Waals surface area contributed by atoms with Gasteiger partial charge in [0.2, 0.25) is 0 Å². The van der Waals surface area contributed by atoms with E-state index in [1.165, 1.54) is 5.56 Å². The fraction of sp³-hybridized carbons (Fsp3) is 0.0256. The predicted molar refractivity (Wildman–Crippen MR) is 174 cm³/mol. The summed E-state index contributed by atoms with van der Waals surface area (Å²) < 4.78 is 12.4. The summed E-state index contributed by atoms with van der Waals surface area (Å²) >= 11 is 0. The maximum atomic E-state index is 6.28. The van der Waals surface area contributed by atoms with Crippen molar-refractivity contribution in [1.29, 1.82) is 0 Å². The van der Waals surface area contributed by atoms with Gasteiger partial charge in [-0.25, -0.2) is 0 Å². The van der Waals surface area contributed by atoms with Gasteiger partial charge >= 0.3 is 0 Å². The third-order valence-electron chi connectivity index (χ3n) is 7.74. The molecule has 5 aromatic carbocycles. The van der Waals surface area contributed by atoms with E-state index >= 15 is 0 Å². The molecule has 0 bridgehead atoms. The molecule has 0 aliphatic rings. The van der Waals surface area contributed by atoms with Crippen molar-refractivity contribution in [2.24, 2.45) is 0 Å². The molecular formula is C39H24IrN2O2-2. The van der Waals surface area contributed by atoms with Gasteiger partial charge in [-0.2, -0.15) is 0 Å². The monoisotopic (exact) mass is 745 g/mol. The average Bonchev–Trinajstić information content (AvgIpc) is 3.64. The van der Waals surface area contributed by atoms with Crippen LogP contribution in [0.15, 0.2) is 136 Å². The van der Waals surface area contributed by atoms with E-state index in [-0.39, 0.29) is 20.1 Å². The molecule has 0 aliphatic heterocycles. The second-order valence-electron chi connectivity index (χ2n) is 10.5. The third kappa shape index (κ3) is 4.86. The molecule has 5 heteroatoms. The van der Waals surface area contributed by atoms with E-state index in [1.54, 1.807) is 6.20 Å². The Labute approximate surface area is 267 Å². The van der Waals surface area contributed by atoms with Crippen molar-refractivity contribution in [3.05, 3.63) is 145 Å². The molecule has 4 nitrogen and oxygen atoms in total. The fourth-order valence-corrected chi connectivity index (χ4v) is 5.69. The molecular weight excluding hydrogens is 721 g/mol. The van der Waals surface area contributed by atoms with Gasteiger partial charge in [0.1, 0.15) is 16.7 Å². The molecule has 0 unspecified atom stereocenters. The van der Waals surface area contributed by atoms with Gasteiger partial charge in [0.15, 0.2) is 0 Å². The number of aryl methyl sites for hydroxylation is 1. The zero-order valence-corrected chi connectivity index (χ0v) is 26.1. The Morgan fingerprint density at radius 2 is 1.48 bits per heavy atom. The number of hydrogen-bond acceptors (Lipinski definition) is 4. The molecule has 0 amide bonds. The summed E-state index contributed by atoms with van der Waals surface area (Å²) in [6.45, 7) is 2.07. The molecule has 9 rings (SSSR count). The molecule has 4 heterocycles. The largest absolute Gasteiger partial charge is 0.501 e. The Morgan fingerprint density at radius 3 is 2.34 bits per heavy atom. The Morgan fingerprint density at radius 1 is 0.591 bits per heavy atom. The molecule has 1 radical (unpaired) electrons. The Hall–Kier alpha value is -5.09. The van der Waals surface area contributed by atoms with Crippen molar-refractivity contribution in [3.8, 4) is 22.5 Å². The van der Waals surface area contributed by atoms with E-state index in [2.05, 4.69) is 66.5 Å². The van der Waals surface area contributed by atoms with E-state index in [4.69, 9.17) is 13.8 Å². The van der Waals surface area contributed by atoms with Crippen LogP contribution in [0.2, 0.25) is 0 Å². The second kappa shape index (κ2) is 11.5. The van der Waals surface area contributed by atoms with Crippen LogP contribution in [-0.2, 0) is 20.1 Å². The number of hydrogen-bond donors (Lipinski definition) is 0. The molecule has 0 aliphatic carbocycles. The van der Waals surface area contributed by atoms with Crippen molar-refractivity contribution in [1.82, 2.24) is 9.97 Å². The minimum absolute atomic E-state index is 0. The smallest absolute Gasteiger partial charge is 0.136 e. The van der Waals surface area contributed by atoms with E-state index in [0.29, 0.717) is 0 Å². The first-order chi connectivity index (χ1) is 21.2. The number of pyridine rings is 2. The number of para-hydroxylation sites is 1. The van der Waals surface area contributed by atoms with Gasteiger partial charge in [0, 0.05) is 48.7 Å². The molecule has 0 N–H and O–H groups in total. The summed E-state index contributed by atoms with van der Waals surface area (Å²) in [4.78, 5) is 8.98. The molecule has 4 aromatic heterocycles. The maximum absolute atomic E-state index is 6.28. The van der Waals surface area contributed by atoms with Gasteiger partial charge in [-0.15, -0.1) is 54.1 Å². The normalized spacial score (nSPS) is 11.1. The minimum atomic E-state index is 0. The number of aromatic nitrogens is 2. The SMILES string of the molecule is Cc1ccc2c(c1)oc1c(-c3cc4c(ccc5oc6ccccc6c54)cn3)[c-]ccc12.[Ir].[c-]1ccccc1-c1ccccn1. The number of nitrogens with zero attached hydrogens (tertiary/aromatic N) is 2. The van der Waals surface area contributed by atoms with Crippen LogP contribution in [0.4, 0.5) is 0 Å². The van der Waals surface area contributed by atoms with E-state index in [1.807, 2.05) is 79.0 Å². The van der Waals surface area contributed by atoms with Crippen LogP contribution in [0, 0.1) is 19.1 Å².